The van der Waals surface area contributed by atoms with Crippen molar-refractivity contribution in [3.8, 4) is 0 Å². The molecule has 0 heterocycles. The summed E-state index contributed by atoms with van der Waals surface area (Å²) in [6.07, 6.45) is 20.5. The molecule has 2 heteroatoms. The van der Waals surface area contributed by atoms with Crippen molar-refractivity contribution >= 4 is 0 Å². The second-order valence-electron chi connectivity index (χ2n) is 5.86. The van der Waals surface area contributed by atoms with E-state index in [4.69, 9.17) is 10.2 Å². The van der Waals surface area contributed by atoms with Crippen LogP contribution in [0.1, 0.15) is 90.4 Å². The van der Waals surface area contributed by atoms with Gasteiger partial charge < -0.3 is 10.2 Å². The van der Waals surface area contributed by atoms with Gasteiger partial charge in [-0.15, -0.1) is 0 Å². The Morgan fingerprint density at radius 1 is 0.750 bits per heavy atom. The second-order valence-corrected chi connectivity index (χ2v) is 5.86. The molecule has 0 radical (unpaired) electrons. The predicted octanol–water partition coefficient (Wildman–Crippen LogP) is 4.99. The summed E-state index contributed by atoms with van der Waals surface area (Å²) >= 11 is 0. The summed E-state index contributed by atoms with van der Waals surface area (Å²) in [5, 5.41) is 17.7. The lowest BCUT2D eigenvalue weighted by Gasteiger charge is -2.02. The monoisotopic (exact) mass is 284 g/mol. The van der Waals surface area contributed by atoms with Gasteiger partial charge in [-0.1, -0.05) is 89.7 Å². The van der Waals surface area contributed by atoms with Gasteiger partial charge in [0.25, 0.3) is 0 Å². The van der Waals surface area contributed by atoms with Gasteiger partial charge in [0, 0.05) is 0 Å². The molecule has 0 saturated carbocycles. The van der Waals surface area contributed by atoms with Gasteiger partial charge in [-0.05, 0) is 12.8 Å². The molecule has 0 aromatic heterocycles. The van der Waals surface area contributed by atoms with Crippen LogP contribution in [0.25, 0.3) is 0 Å². The van der Waals surface area contributed by atoms with Crippen molar-refractivity contribution in [3.05, 3.63) is 12.2 Å². The third kappa shape index (κ3) is 15.7. The van der Waals surface area contributed by atoms with Crippen molar-refractivity contribution in [1.82, 2.24) is 0 Å². The zero-order valence-electron chi connectivity index (χ0n) is 13.5. The van der Waals surface area contributed by atoms with Crippen molar-refractivity contribution in [2.45, 2.75) is 96.5 Å². The first-order valence-corrected chi connectivity index (χ1v) is 8.76. The lowest BCUT2D eigenvalue weighted by molar-refractivity contribution is 0.131. The molecule has 0 aliphatic carbocycles. The number of hydrogen-bond acceptors (Lipinski definition) is 2. The molecular formula is C18H36O2. The Bertz CT molecular complexity index is 202. The molecule has 20 heavy (non-hydrogen) atoms. The van der Waals surface area contributed by atoms with E-state index in [0.29, 0.717) is 0 Å². The molecule has 0 bridgehead atoms. The molecule has 0 amide bonds. The van der Waals surface area contributed by atoms with E-state index in [2.05, 4.69) is 6.92 Å². The van der Waals surface area contributed by atoms with E-state index in [1.54, 1.807) is 6.08 Å². The van der Waals surface area contributed by atoms with E-state index in [0.717, 1.165) is 6.42 Å². The molecule has 0 aromatic carbocycles. The fourth-order valence-electron chi connectivity index (χ4n) is 2.42. The smallest absolute Gasteiger partial charge is 0.0951 e. The minimum atomic E-state index is -0.674. The van der Waals surface area contributed by atoms with E-state index in [1.807, 2.05) is 6.08 Å². The zero-order chi connectivity index (χ0) is 14.9. The first-order chi connectivity index (χ1) is 9.81. The summed E-state index contributed by atoms with van der Waals surface area (Å²) < 4.78 is 0. The molecule has 1 atom stereocenters. The molecule has 0 aromatic rings. The first kappa shape index (κ1) is 19.7. The molecule has 120 valence electrons. The summed E-state index contributed by atoms with van der Waals surface area (Å²) in [5.41, 5.74) is 0. The van der Waals surface area contributed by atoms with E-state index >= 15 is 0 Å². The molecule has 2 N–H and O–H groups in total. The highest BCUT2D eigenvalue weighted by molar-refractivity contribution is 4.87. The maximum absolute atomic E-state index is 9.11. The topological polar surface area (TPSA) is 40.5 Å². The number of rotatable bonds is 15. The average Bonchev–Trinajstić information content (AvgIpc) is 2.47. The van der Waals surface area contributed by atoms with Crippen LogP contribution in [0.15, 0.2) is 12.2 Å². The Morgan fingerprint density at radius 3 is 1.65 bits per heavy atom. The molecule has 0 spiro atoms. The Kier molecular flexibility index (Phi) is 16.4. The highest BCUT2D eigenvalue weighted by atomic mass is 16.3. The quantitative estimate of drug-likeness (QED) is 0.328. The molecule has 0 aliphatic rings. The third-order valence-corrected chi connectivity index (χ3v) is 3.77. The minimum Gasteiger partial charge on any atom is -0.393 e. The summed E-state index contributed by atoms with van der Waals surface area (Å²) in [6, 6.07) is 0. The summed E-state index contributed by atoms with van der Waals surface area (Å²) in [5.74, 6) is 0. The minimum absolute atomic E-state index is 0.172. The van der Waals surface area contributed by atoms with E-state index < -0.39 is 6.10 Å². The van der Waals surface area contributed by atoms with Crippen LogP contribution in [0.3, 0.4) is 0 Å². The third-order valence-electron chi connectivity index (χ3n) is 3.77. The van der Waals surface area contributed by atoms with Gasteiger partial charge >= 0.3 is 0 Å². The molecule has 0 aliphatic heterocycles. The first-order valence-electron chi connectivity index (χ1n) is 8.76. The van der Waals surface area contributed by atoms with Crippen LogP contribution >= 0.6 is 0 Å². The standard InChI is InChI=1S/C18H36O2/c1-2-3-4-5-6-7-8-9-10-11-12-13-14-15-16-18(20)17-19/h15-16,18-20H,2-14,17H2,1H3/b16-15+. The van der Waals surface area contributed by atoms with Crippen LogP contribution in [-0.4, -0.2) is 22.9 Å². The maximum atomic E-state index is 9.11. The number of aliphatic hydroxyl groups excluding tert-OH is 2. The van der Waals surface area contributed by atoms with Gasteiger partial charge in [0.1, 0.15) is 0 Å². The van der Waals surface area contributed by atoms with Gasteiger partial charge in [-0.2, -0.15) is 0 Å². The van der Waals surface area contributed by atoms with Crippen LogP contribution in [0.2, 0.25) is 0 Å². The van der Waals surface area contributed by atoms with Crippen molar-refractivity contribution < 1.29 is 10.2 Å². The van der Waals surface area contributed by atoms with Gasteiger partial charge in [-0.3, -0.25) is 0 Å². The number of allylic oxidation sites excluding steroid dienone is 1. The Hall–Kier alpha value is -0.340. The lowest BCUT2D eigenvalue weighted by Crippen LogP contribution is -2.06. The van der Waals surface area contributed by atoms with Gasteiger partial charge in [0.15, 0.2) is 0 Å². The fourth-order valence-corrected chi connectivity index (χ4v) is 2.42. The van der Waals surface area contributed by atoms with Crippen LogP contribution < -0.4 is 0 Å². The largest absolute Gasteiger partial charge is 0.393 e. The predicted molar refractivity (Wildman–Crippen MR) is 87.9 cm³/mol. The van der Waals surface area contributed by atoms with Crippen LogP contribution in [0, 0.1) is 0 Å². The maximum Gasteiger partial charge on any atom is 0.0951 e. The van der Waals surface area contributed by atoms with E-state index in [1.165, 1.54) is 77.0 Å². The molecule has 0 saturated heterocycles. The SMILES string of the molecule is CCCCCCCCCCCCCC/C=C/C(O)CO. The molecule has 0 rings (SSSR count). The van der Waals surface area contributed by atoms with E-state index in [-0.39, 0.29) is 6.61 Å². The highest BCUT2D eigenvalue weighted by Gasteiger charge is 1.94. The van der Waals surface area contributed by atoms with Crippen molar-refractivity contribution in [2.75, 3.05) is 6.61 Å². The van der Waals surface area contributed by atoms with Gasteiger partial charge in [0.2, 0.25) is 0 Å². The Morgan fingerprint density at radius 2 is 1.20 bits per heavy atom. The van der Waals surface area contributed by atoms with Gasteiger partial charge in [0.05, 0.1) is 12.7 Å². The van der Waals surface area contributed by atoms with Gasteiger partial charge in [-0.25, -0.2) is 0 Å². The van der Waals surface area contributed by atoms with Crippen LogP contribution in [-0.2, 0) is 0 Å². The average molecular weight is 284 g/mol. The molecule has 1 unspecified atom stereocenters. The highest BCUT2D eigenvalue weighted by Crippen LogP contribution is 2.12. The zero-order valence-corrected chi connectivity index (χ0v) is 13.5. The molecule has 0 fully saturated rings. The number of unbranched alkanes of at least 4 members (excludes halogenated alkanes) is 12. The number of aliphatic hydroxyl groups is 2. The van der Waals surface area contributed by atoms with Crippen molar-refractivity contribution in [1.29, 1.82) is 0 Å². The molecule has 2 nitrogen and oxygen atoms in total. The second kappa shape index (κ2) is 16.7. The van der Waals surface area contributed by atoms with Crippen molar-refractivity contribution in [3.63, 3.8) is 0 Å². The van der Waals surface area contributed by atoms with Crippen LogP contribution in [0.5, 0.6) is 0 Å². The van der Waals surface area contributed by atoms with E-state index in [9.17, 15) is 0 Å². The summed E-state index contributed by atoms with van der Waals surface area (Å²) in [7, 11) is 0. The normalized spacial score (nSPS) is 13.2. The van der Waals surface area contributed by atoms with Crippen LogP contribution in [0.4, 0.5) is 0 Å². The number of hydrogen-bond donors (Lipinski definition) is 2. The Labute approximate surface area is 126 Å². The van der Waals surface area contributed by atoms with Crippen molar-refractivity contribution in [2.24, 2.45) is 0 Å². The Balaban J connectivity index is 3.04. The molecular weight excluding hydrogens is 248 g/mol. The summed E-state index contributed by atoms with van der Waals surface area (Å²) in [6.45, 7) is 2.10. The lowest BCUT2D eigenvalue weighted by atomic mass is 10.0. The fraction of sp³-hybridized carbons (Fsp3) is 0.889. The summed E-state index contributed by atoms with van der Waals surface area (Å²) in [4.78, 5) is 0.